The Morgan fingerprint density at radius 3 is 2.45 bits per heavy atom. The number of hydrogen-bond acceptors (Lipinski definition) is 3. The molecule has 0 spiro atoms. The first-order valence-corrected chi connectivity index (χ1v) is 6.50. The molecule has 1 amide bonds. The van der Waals surface area contributed by atoms with Crippen molar-refractivity contribution in [3.8, 4) is 0 Å². The largest absolute Gasteiger partial charge is 0.399 e. The minimum atomic E-state index is -0.533. The minimum Gasteiger partial charge on any atom is -0.399 e. The number of nitrogens with two attached hydrogens (primary N) is 2. The van der Waals surface area contributed by atoms with Crippen molar-refractivity contribution in [2.24, 2.45) is 5.73 Å². The zero-order valence-corrected chi connectivity index (χ0v) is 11.9. The van der Waals surface area contributed by atoms with E-state index in [0.717, 1.165) is 11.3 Å². The highest BCUT2D eigenvalue weighted by atomic mass is 35.5. The van der Waals surface area contributed by atoms with Crippen molar-refractivity contribution in [2.75, 3.05) is 17.7 Å². The lowest BCUT2D eigenvalue weighted by Gasteiger charge is -2.22. The van der Waals surface area contributed by atoms with E-state index < -0.39 is 5.91 Å². The molecule has 5 heteroatoms. The number of anilines is 2. The molecule has 0 saturated heterocycles. The first kappa shape index (κ1) is 14.2. The Kier molecular flexibility index (Phi) is 4.15. The van der Waals surface area contributed by atoms with Crippen LogP contribution in [0, 0.1) is 0 Å². The van der Waals surface area contributed by atoms with E-state index >= 15 is 0 Å². The molecule has 2 rings (SSSR count). The van der Waals surface area contributed by atoms with E-state index in [2.05, 4.69) is 0 Å². The molecule has 2 aromatic carbocycles. The molecule has 0 radical (unpaired) electrons. The van der Waals surface area contributed by atoms with Crippen molar-refractivity contribution in [1.29, 1.82) is 0 Å². The van der Waals surface area contributed by atoms with Gasteiger partial charge >= 0.3 is 0 Å². The summed E-state index contributed by atoms with van der Waals surface area (Å²) in [7, 11) is 1.88. The second-order valence-electron chi connectivity index (χ2n) is 4.60. The summed E-state index contributed by atoms with van der Waals surface area (Å²) in [6.07, 6.45) is 0. The highest BCUT2D eigenvalue weighted by Crippen LogP contribution is 2.27. The van der Waals surface area contributed by atoms with E-state index in [-0.39, 0.29) is 0 Å². The molecule has 0 aliphatic heterocycles. The van der Waals surface area contributed by atoms with Crippen LogP contribution in [0.3, 0.4) is 0 Å². The molecule has 0 unspecified atom stereocenters. The molecule has 0 saturated carbocycles. The predicted octanol–water partition coefficient (Wildman–Crippen LogP) is 2.66. The third-order valence-electron chi connectivity index (χ3n) is 3.05. The van der Waals surface area contributed by atoms with Gasteiger partial charge in [0.2, 0.25) is 0 Å². The number of hydrogen-bond donors (Lipinski definition) is 2. The molecule has 20 heavy (non-hydrogen) atoms. The molecule has 0 fully saturated rings. The summed E-state index contributed by atoms with van der Waals surface area (Å²) in [6.45, 7) is 0.626. The van der Waals surface area contributed by atoms with E-state index in [0.29, 0.717) is 22.8 Å². The normalized spacial score (nSPS) is 10.3. The summed E-state index contributed by atoms with van der Waals surface area (Å²) in [5, 5.41) is 0.360. The first-order chi connectivity index (χ1) is 9.49. The zero-order chi connectivity index (χ0) is 14.7. The number of primary amides is 1. The van der Waals surface area contributed by atoms with Gasteiger partial charge in [0.05, 0.1) is 16.3 Å². The molecule has 0 aliphatic rings. The number of rotatable bonds is 4. The van der Waals surface area contributed by atoms with Gasteiger partial charge in [-0.15, -0.1) is 0 Å². The molecule has 4 nitrogen and oxygen atoms in total. The highest BCUT2D eigenvalue weighted by Gasteiger charge is 2.15. The van der Waals surface area contributed by atoms with E-state index in [4.69, 9.17) is 23.1 Å². The average molecular weight is 290 g/mol. The van der Waals surface area contributed by atoms with Gasteiger partial charge in [-0.25, -0.2) is 0 Å². The molecule has 0 aliphatic carbocycles. The van der Waals surface area contributed by atoms with Crippen LogP contribution in [0.5, 0.6) is 0 Å². The van der Waals surface area contributed by atoms with Crippen LogP contribution in [-0.4, -0.2) is 13.0 Å². The Hall–Kier alpha value is -2.20. The summed E-state index contributed by atoms with van der Waals surface area (Å²) in [5.74, 6) is -0.533. The van der Waals surface area contributed by atoms with Gasteiger partial charge in [0.1, 0.15) is 0 Å². The lowest BCUT2D eigenvalue weighted by molar-refractivity contribution is 0.100. The lowest BCUT2D eigenvalue weighted by atomic mass is 10.1. The Morgan fingerprint density at radius 2 is 1.85 bits per heavy atom. The van der Waals surface area contributed by atoms with Crippen molar-refractivity contribution >= 4 is 28.9 Å². The van der Waals surface area contributed by atoms with Crippen molar-refractivity contribution < 1.29 is 4.79 Å². The molecule has 0 atom stereocenters. The van der Waals surface area contributed by atoms with Gasteiger partial charge in [-0.05, 0) is 29.8 Å². The number of nitrogens with zero attached hydrogens (tertiary/aromatic N) is 1. The highest BCUT2D eigenvalue weighted by molar-refractivity contribution is 6.34. The fourth-order valence-electron chi connectivity index (χ4n) is 2.06. The monoisotopic (exact) mass is 289 g/mol. The maximum atomic E-state index is 11.5. The fourth-order valence-corrected chi connectivity index (χ4v) is 2.32. The summed E-state index contributed by atoms with van der Waals surface area (Å²) in [6, 6.07) is 12.8. The SMILES string of the molecule is CN(Cc1ccc(N)cc1)c1cccc(Cl)c1C(N)=O. The Bertz CT molecular complexity index is 626. The molecule has 0 aromatic heterocycles. The third kappa shape index (κ3) is 3.03. The second-order valence-corrected chi connectivity index (χ2v) is 5.00. The topological polar surface area (TPSA) is 72.3 Å². The van der Waals surface area contributed by atoms with Crippen molar-refractivity contribution in [3.63, 3.8) is 0 Å². The number of benzene rings is 2. The maximum absolute atomic E-state index is 11.5. The molecular weight excluding hydrogens is 274 g/mol. The number of nitrogen functional groups attached to an aromatic ring is 1. The Morgan fingerprint density at radius 1 is 1.20 bits per heavy atom. The van der Waals surface area contributed by atoms with Crippen molar-refractivity contribution in [1.82, 2.24) is 0 Å². The fraction of sp³-hybridized carbons (Fsp3) is 0.133. The van der Waals surface area contributed by atoms with E-state index in [1.165, 1.54) is 0 Å². The molecule has 104 valence electrons. The quantitative estimate of drug-likeness (QED) is 0.850. The number of amides is 1. The second kappa shape index (κ2) is 5.84. The maximum Gasteiger partial charge on any atom is 0.252 e. The molecule has 0 heterocycles. The van der Waals surface area contributed by atoms with E-state index in [1.54, 1.807) is 12.1 Å². The third-order valence-corrected chi connectivity index (χ3v) is 3.36. The van der Waals surface area contributed by atoms with Crippen LogP contribution in [0.4, 0.5) is 11.4 Å². The van der Waals surface area contributed by atoms with Crippen LogP contribution < -0.4 is 16.4 Å². The van der Waals surface area contributed by atoms with Crippen molar-refractivity contribution in [2.45, 2.75) is 6.54 Å². The number of carbonyl (C=O) groups excluding carboxylic acids is 1. The minimum absolute atomic E-state index is 0.340. The van der Waals surface area contributed by atoms with Crippen LogP contribution in [0.25, 0.3) is 0 Å². The van der Waals surface area contributed by atoms with Crippen LogP contribution in [0.2, 0.25) is 5.02 Å². The molecule has 0 bridgehead atoms. The van der Waals surface area contributed by atoms with E-state index in [9.17, 15) is 4.79 Å². The predicted molar refractivity (Wildman–Crippen MR) is 82.9 cm³/mol. The van der Waals surface area contributed by atoms with Gasteiger partial charge in [0.25, 0.3) is 5.91 Å². The first-order valence-electron chi connectivity index (χ1n) is 6.13. The Balaban J connectivity index is 2.29. The number of halogens is 1. The summed E-state index contributed by atoms with van der Waals surface area (Å²) in [4.78, 5) is 13.5. The van der Waals surface area contributed by atoms with Gasteiger partial charge in [0.15, 0.2) is 0 Å². The molecular formula is C15H16ClN3O. The molecule has 2 aromatic rings. The zero-order valence-electron chi connectivity index (χ0n) is 11.1. The average Bonchev–Trinajstić information content (AvgIpc) is 2.40. The van der Waals surface area contributed by atoms with Crippen LogP contribution in [-0.2, 0) is 6.54 Å². The lowest BCUT2D eigenvalue weighted by Crippen LogP contribution is -2.22. The van der Waals surface area contributed by atoms with Gasteiger partial charge in [-0.3, -0.25) is 4.79 Å². The Labute approximate surface area is 122 Å². The van der Waals surface area contributed by atoms with Gasteiger partial charge in [-0.2, -0.15) is 0 Å². The smallest absolute Gasteiger partial charge is 0.252 e. The molecule has 4 N–H and O–H groups in total. The standard InChI is InChI=1S/C15H16ClN3O/c1-19(9-10-5-7-11(17)8-6-10)13-4-2-3-12(16)14(13)15(18)20/h2-8H,9,17H2,1H3,(H2,18,20). The summed E-state index contributed by atoms with van der Waals surface area (Å²) >= 11 is 6.05. The van der Waals surface area contributed by atoms with Gasteiger partial charge in [0, 0.05) is 19.3 Å². The van der Waals surface area contributed by atoms with E-state index in [1.807, 2.05) is 42.3 Å². The summed E-state index contributed by atoms with van der Waals surface area (Å²) < 4.78 is 0. The van der Waals surface area contributed by atoms with Crippen LogP contribution in [0.15, 0.2) is 42.5 Å². The number of carbonyl (C=O) groups is 1. The van der Waals surface area contributed by atoms with Gasteiger partial charge in [-0.1, -0.05) is 29.8 Å². The van der Waals surface area contributed by atoms with Crippen LogP contribution >= 0.6 is 11.6 Å². The van der Waals surface area contributed by atoms with Crippen LogP contribution in [0.1, 0.15) is 15.9 Å². The summed E-state index contributed by atoms with van der Waals surface area (Å²) in [5.41, 5.74) is 13.9. The van der Waals surface area contributed by atoms with Crippen molar-refractivity contribution in [3.05, 3.63) is 58.6 Å². The van der Waals surface area contributed by atoms with Gasteiger partial charge < -0.3 is 16.4 Å².